The Bertz CT molecular complexity index is 142. The fourth-order valence-electron chi connectivity index (χ4n) is 1.61. The molecule has 3 heteroatoms. The molecule has 0 radical (unpaired) electrons. The zero-order chi connectivity index (χ0) is 9.73. The van der Waals surface area contributed by atoms with Gasteiger partial charge in [0.05, 0.1) is 0 Å². The van der Waals surface area contributed by atoms with Crippen LogP contribution in [0.2, 0.25) is 0 Å². The zero-order valence-electron chi connectivity index (χ0n) is 8.75. The molecule has 0 aromatic rings. The molecule has 0 aromatic heterocycles. The molecule has 0 aromatic carbocycles. The molecule has 1 rings (SSSR count). The summed E-state index contributed by atoms with van der Waals surface area (Å²) in [5.74, 6) is 2.55. The molecule has 0 spiro atoms. The average molecular weight is 203 g/mol. The molecule has 13 heavy (non-hydrogen) atoms. The molecule has 1 fully saturated rings. The van der Waals surface area contributed by atoms with Crippen molar-refractivity contribution < 1.29 is 5.11 Å². The number of aliphatic hydroxyl groups excluding tert-OH is 1. The Balaban J connectivity index is 2.33. The van der Waals surface area contributed by atoms with Crippen LogP contribution in [-0.4, -0.2) is 47.8 Å². The van der Waals surface area contributed by atoms with Gasteiger partial charge in [0.25, 0.3) is 0 Å². The third-order valence-electron chi connectivity index (χ3n) is 2.39. The van der Waals surface area contributed by atoms with Crippen molar-refractivity contribution in [3.05, 3.63) is 0 Å². The van der Waals surface area contributed by atoms with Gasteiger partial charge in [0.1, 0.15) is 0 Å². The lowest BCUT2D eigenvalue weighted by atomic mass is 9.94. The molecule has 1 N–H and O–H groups in total. The van der Waals surface area contributed by atoms with Gasteiger partial charge in [-0.1, -0.05) is 13.8 Å². The summed E-state index contributed by atoms with van der Waals surface area (Å²) in [7, 11) is 0. The number of aliphatic hydroxyl groups is 1. The first kappa shape index (κ1) is 11.3. The third-order valence-corrected chi connectivity index (χ3v) is 3.44. The second-order valence-corrected chi connectivity index (χ2v) is 5.79. The molecule has 0 bridgehead atoms. The average Bonchev–Trinajstić information content (AvgIpc) is 2.32. The Kier molecular flexibility index (Phi) is 4.56. The molecule has 78 valence electrons. The summed E-state index contributed by atoms with van der Waals surface area (Å²) in [4.78, 5) is 2.48. The third kappa shape index (κ3) is 4.34. The normalized spacial score (nSPS) is 21.5. The standard InChI is InChI=1S/C10H21NOS/c1-10(2,9-12)8-11-4-3-6-13-7-5-11/h12H,3-9H2,1-2H3. The summed E-state index contributed by atoms with van der Waals surface area (Å²) in [5.41, 5.74) is 0.0645. The molecule has 0 unspecified atom stereocenters. The summed E-state index contributed by atoms with van der Waals surface area (Å²) in [6.07, 6.45) is 1.30. The summed E-state index contributed by atoms with van der Waals surface area (Å²) in [5, 5.41) is 9.16. The van der Waals surface area contributed by atoms with Gasteiger partial charge in [-0.25, -0.2) is 0 Å². The van der Waals surface area contributed by atoms with E-state index in [0.29, 0.717) is 0 Å². The van der Waals surface area contributed by atoms with Crippen LogP contribution in [-0.2, 0) is 0 Å². The lowest BCUT2D eigenvalue weighted by molar-refractivity contribution is 0.107. The van der Waals surface area contributed by atoms with Crippen LogP contribution in [0.1, 0.15) is 20.3 Å². The zero-order valence-corrected chi connectivity index (χ0v) is 9.57. The van der Waals surface area contributed by atoms with Gasteiger partial charge in [0, 0.05) is 30.9 Å². The van der Waals surface area contributed by atoms with Gasteiger partial charge < -0.3 is 10.0 Å². The van der Waals surface area contributed by atoms with Crippen molar-refractivity contribution in [2.75, 3.05) is 37.7 Å². The van der Waals surface area contributed by atoms with Crippen molar-refractivity contribution in [2.24, 2.45) is 5.41 Å². The van der Waals surface area contributed by atoms with Crippen LogP contribution >= 0.6 is 11.8 Å². The summed E-state index contributed by atoms with van der Waals surface area (Å²) < 4.78 is 0. The fourth-order valence-corrected chi connectivity index (χ4v) is 2.54. The maximum Gasteiger partial charge on any atom is 0.0494 e. The summed E-state index contributed by atoms with van der Waals surface area (Å²) >= 11 is 2.05. The van der Waals surface area contributed by atoms with Crippen LogP contribution in [0.4, 0.5) is 0 Å². The van der Waals surface area contributed by atoms with Crippen LogP contribution in [0.25, 0.3) is 0 Å². The monoisotopic (exact) mass is 203 g/mol. The van der Waals surface area contributed by atoms with E-state index in [-0.39, 0.29) is 12.0 Å². The molecule has 1 aliphatic heterocycles. The maximum atomic E-state index is 9.16. The highest BCUT2D eigenvalue weighted by Gasteiger charge is 2.21. The Morgan fingerprint density at radius 2 is 2.08 bits per heavy atom. The molecule has 0 saturated carbocycles. The van der Waals surface area contributed by atoms with E-state index in [1.165, 1.54) is 31.0 Å². The van der Waals surface area contributed by atoms with Gasteiger partial charge in [-0.2, -0.15) is 11.8 Å². The highest BCUT2D eigenvalue weighted by molar-refractivity contribution is 7.99. The molecule has 2 nitrogen and oxygen atoms in total. The van der Waals surface area contributed by atoms with Gasteiger partial charge in [-0.15, -0.1) is 0 Å². The highest BCUT2D eigenvalue weighted by Crippen LogP contribution is 2.18. The second-order valence-electron chi connectivity index (χ2n) is 4.56. The molecule has 1 saturated heterocycles. The molecular weight excluding hydrogens is 182 g/mol. The van der Waals surface area contributed by atoms with Gasteiger partial charge >= 0.3 is 0 Å². The SMILES string of the molecule is CC(C)(CO)CN1CCCSCC1. The first-order chi connectivity index (χ1) is 6.14. The van der Waals surface area contributed by atoms with Crippen LogP contribution < -0.4 is 0 Å². The van der Waals surface area contributed by atoms with Crippen molar-refractivity contribution in [1.82, 2.24) is 4.90 Å². The molecule has 0 amide bonds. The summed E-state index contributed by atoms with van der Waals surface area (Å²) in [6, 6.07) is 0. The van der Waals surface area contributed by atoms with Crippen molar-refractivity contribution >= 4 is 11.8 Å². The van der Waals surface area contributed by atoms with E-state index < -0.39 is 0 Å². The van der Waals surface area contributed by atoms with E-state index in [9.17, 15) is 0 Å². The Morgan fingerprint density at radius 1 is 1.31 bits per heavy atom. The minimum atomic E-state index is 0.0645. The largest absolute Gasteiger partial charge is 0.396 e. The van der Waals surface area contributed by atoms with Crippen molar-refractivity contribution in [1.29, 1.82) is 0 Å². The Morgan fingerprint density at radius 3 is 2.77 bits per heavy atom. The van der Waals surface area contributed by atoms with E-state index in [1.807, 2.05) is 11.8 Å². The van der Waals surface area contributed by atoms with Crippen LogP contribution in [0.5, 0.6) is 0 Å². The lowest BCUT2D eigenvalue weighted by Gasteiger charge is -2.30. The Labute approximate surface area is 85.7 Å². The maximum absolute atomic E-state index is 9.16. The number of rotatable bonds is 3. The highest BCUT2D eigenvalue weighted by atomic mass is 32.2. The van der Waals surface area contributed by atoms with E-state index in [1.54, 1.807) is 0 Å². The van der Waals surface area contributed by atoms with Crippen molar-refractivity contribution in [3.63, 3.8) is 0 Å². The van der Waals surface area contributed by atoms with Gasteiger partial charge in [0.2, 0.25) is 0 Å². The van der Waals surface area contributed by atoms with Gasteiger partial charge in [-0.05, 0) is 18.7 Å². The van der Waals surface area contributed by atoms with Crippen molar-refractivity contribution in [3.8, 4) is 0 Å². The number of nitrogens with zero attached hydrogens (tertiary/aromatic N) is 1. The first-order valence-electron chi connectivity index (χ1n) is 5.05. The summed E-state index contributed by atoms with van der Waals surface area (Å²) in [6.45, 7) is 7.97. The lowest BCUT2D eigenvalue weighted by Crippen LogP contribution is -2.37. The van der Waals surface area contributed by atoms with E-state index >= 15 is 0 Å². The van der Waals surface area contributed by atoms with Gasteiger partial charge in [0.15, 0.2) is 0 Å². The first-order valence-corrected chi connectivity index (χ1v) is 6.20. The quantitative estimate of drug-likeness (QED) is 0.751. The molecular formula is C10H21NOS. The van der Waals surface area contributed by atoms with Crippen LogP contribution in [0, 0.1) is 5.41 Å². The number of hydrogen-bond acceptors (Lipinski definition) is 3. The van der Waals surface area contributed by atoms with Gasteiger partial charge in [-0.3, -0.25) is 0 Å². The van der Waals surface area contributed by atoms with E-state index in [0.717, 1.165) is 6.54 Å². The molecule has 1 aliphatic rings. The minimum Gasteiger partial charge on any atom is -0.396 e. The minimum absolute atomic E-state index is 0.0645. The van der Waals surface area contributed by atoms with Crippen molar-refractivity contribution in [2.45, 2.75) is 20.3 Å². The van der Waals surface area contributed by atoms with E-state index in [4.69, 9.17) is 5.11 Å². The number of hydrogen-bond donors (Lipinski definition) is 1. The molecule has 0 aliphatic carbocycles. The predicted octanol–water partition coefficient (Wildman–Crippen LogP) is 1.44. The van der Waals surface area contributed by atoms with Crippen LogP contribution in [0.3, 0.4) is 0 Å². The predicted molar refractivity (Wildman–Crippen MR) is 59.2 cm³/mol. The van der Waals surface area contributed by atoms with E-state index in [2.05, 4.69) is 18.7 Å². The fraction of sp³-hybridized carbons (Fsp3) is 1.00. The Hall–Kier alpha value is 0.270. The topological polar surface area (TPSA) is 23.5 Å². The second kappa shape index (κ2) is 5.23. The smallest absolute Gasteiger partial charge is 0.0494 e. The molecule has 1 heterocycles. The number of thioether (sulfide) groups is 1. The van der Waals surface area contributed by atoms with Crippen LogP contribution in [0.15, 0.2) is 0 Å². The molecule has 0 atom stereocenters.